The van der Waals surface area contributed by atoms with E-state index in [9.17, 15) is 4.79 Å². The minimum absolute atomic E-state index is 0.0332. The molecule has 6 nitrogen and oxygen atoms in total. The minimum atomic E-state index is -0.251. The average molecular weight is 358 g/mol. The molecule has 0 saturated heterocycles. The monoisotopic (exact) mass is 357 g/mol. The molecule has 25 heavy (non-hydrogen) atoms. The number of carbonyl (C=O) groups is 1. The number of hydrogen-bond donors (Lipinski definition) is 1. The SMILES string of the molecule is CCOc1ccc(CC(=O)Nc2nnc(-c3ccccc3Cl)o2)cc1. The summed E-state index contributed by atoms with van der Waals surface area (Å²) in [4.78, 5) is 12.1. The van der Waals surface area contributed by atoms with Crippen LogP contribution in [0.2, 0.25) is 5.02 Å². The Morgan fingerprint density at radius 2 is 1.92 bits per heavy atom. The van der Waals surface area contributed by atoms with Gasteiger partial charge >= 0.3 is 6.01 Å². The van der Waals surface area contributed by atoms with Gasteiger partial charge in [0.25, 0.3) is 5.89 Å². The zero-order chi connectivity index (χ0) is 17.6. The summed E-state index contributed by atoms with van der Waals surface area (Å²) in [7, 11) is 0. The van der Waals surface area contributed by atoms with Crippen molar-refractivity contribution < 1.29 is 13.9 Å². The lowest BCUT2D eigenvalue weighted by atomic mass is 10.1. The topological polar surface area (TPSA) is 77.2 Å². The summed E-state index contributed by atoms with van der Waals surface area (Å²) in [5, 5.41) is 10.8. The second kappa shape index (κ2) is 7.81. The zero-order valence-corrected chi connectivity index (χ0v) is 14.3. The van der Waals surface area contributed by atoms with Crippen LogP contribution in [0.15, 0.2) is 52.9 Å². The van der Waals surface area contributed by atoms with E-state index in [2.05, 4.69) is 15.5 Å². The van der Waals surface area contributed by atoms with E-state index in [4.69, 9.17) is 20.8 Å². The largest absolute Gasteiger partial charge is 0.494 e. The Bertz CT molecular complexity index is 862. The Hall–Kier alpha value is -2.86. The number of aromatic nitrogens is 2. The minimum Gasteiger partial charge on any atom is -0.494 e. The highest BCUT2D eigenvalue weighted by molar-refractivity contribution is 6.33. The van der Waals surface area contributed by atoms with Crippen LogP contribution in [0.5, 0.6) is 5.75 Å². The molecule has 128 valence electrons. The predicted octanol–water partition coefficient (Wildman–Crippen LogP) is 3.97. The van der Waals surface area contributed by atoms with E-state index in [0.717, 1.165) is 11.3 Å². The van der Waals surface area contributed by atoms with Crippen molar-refractivity contribution in [3.8, 4) is 17.2 Å². The third kappa shape index (κ3) is 4.36. The van der Waals surface area contributed by atoms with Gasteiger partial charge in [0.05, 0.1) is 23.6 Å². The van der Waals surface area contributed by atoms with Crippen LogP contribution >= 0.6 is 11.6 Å². The summed E-state index contributed by atoms with van der Waals surface area (Å²) in [6.45, 7) is 2.52. The molecule has 0 aliphatic carbocycles. The molecule has 7 heteroatoms. The number of rotatable bonds is 6. The Morgan fingerprint density at radius 1 is 1.16 bits per heavy atom. The first kappa shape index (κ1) is 17.0. The number of carbonyl (C=O) groups excluding carboxylic acids is 1. The molecular formula is C18H16ClN3O3. The fourth-order valence-electron chi connectivity index (χ4n) is 2.24. The van der Waals surface area contributed by atoms with Gasteiger partial charge in [0, 0.05) is 0 Å². The van der Waals surface area contributed by atoms with Gasteiger partial charge in [-0.15, -0.1) is 5.10 Å². The normalized spacial score (nSPS) is 10.5. The first-order chi connectivity index (χ1) is 12.2. The van der Waals surface area contributed by atoms with Crippen LogP contribution in [0.4, 0.5) is 6.01 Å². The molecule has 1 amide bonds. The highest BCUT2D eigenvalue weighted by Gasteiger charge is 2.13. The van der Waals surface area contributed by atoms with Crippen LogP contribution in [0.25, 0.3) is 11.5 Å². The molecule has 0 radical (unpaired) electrons. The molecule has 0 aliphatic rings. The molecule has 1 aromatic heterocycles. The lowest BCUT2D eigenvalue weighted by molar-refractivity contribution is -0.115. The number of ether oxygens (including phenoxy) is 1. The van der Waals surface area contributed by atoms with Gasteiger partial charge in [0.15, 0.2) is 0 Å². The maximum Gasteiger partial charge on any atom is 0.322 e. The second-order valence-corrected chi connectivity index (χ2v) is 5.60. The van der Waals surface area contributed by atoms with E-state index in [1.807, 2.05) is 43.3 Å². The lowest BCUT2D eigenvalue weighted by Crippen LogP contribution is -2.14. The standard InChI is InChI=1S/C18H16ClN3O3/c1-2-24-13-9-7-12(8-10-13)11-16(23)20-18-22-21-17(25-18)14-5-3-4-6-15(14)19/h3-10H,2,11H2,1H3,(H,20,22,23). The molecule has 0 atom stereocenters. The summed E-state index contributed by atoms with van der Waals surface area (Å²) in [5.74, 6) is 0.772. The first-order valence-electron chi connectivity index (χ1n) is 7.75. The number of amides is 1. The van der Waals surface area contributed by atoms with Gasteiger partial charge in [-0.1, -0.05) is 41.0 Å². The van der Waals surface area contributed by atoms with E-state index in [1.165, 1.54) is 0 Å². The van der Waals surface area contributed by atoms with Crippen molar-refractivity contribution in [2.45, 2.75) is 13.3 Å². The van der Waals surface area contributed by atoms with Crippen molar-refractivity contribution in [3.63, 3.8) is 0 Å². The molecule has 0 unspecified atom stereocenters. The third-order valence-electron chi connectivity index (χ3n) is 3.37. The van der Waals surface area contributed by atoms with Crippen LogP contribution < -0.4 is 10.1 Å². The molecule has 0 bridgehead atoms. The molecular weight excluding hydrogens is 342 g/mol. The maximum absolute atomic E-state index is 12.1. The Labute approximate surface area is 149 Å². The van der Waals surface area contributed by atoms with Crippen LogP contribution in [-0.4, -0.2) is 22.7 Å². The van der Waals surface area contributed by atoms with Crippen LogP contribution in [0.1, 0.15) is 12.5 Å². The molecule has 1 heterocycles. The van der Waals surface area contributed by atoms with E-state index < -0.39 is 0 Å². The number of hydrogen-bond acceptors (Lipinski definition) is 5. The van der Waals surface area contributed by atoms with Crippen molar-refractivity contribution in [2.75, 3.05) is 11.9 Å². The number of anilines is 1. The smallest absolute Gasteiger partial charge is 0.322 e. The highest BCUT2D eigenvalue weighted by Crippen LogP contribution is 2.27. The van der Waals surface area contributed by atoms with Gasteiger partial charge in [0.2, 0.25) is 5.91 Å². The van der Waals surface area contributed by atoms with Gasteiger partial charge in [-0.05, 0) is 36.8 Å². The molecule has 0 fully saturated rings. The van der Waals surface area contributed by atoms with Gasteiger partial charge in [-0.3, -0.25) is 10.1 Å². The Morgan fingerprint density at radius 3 is 2.64 bits per heavy atom. The summed E-state index contributed by atoms with van der Waals surface area (Å²) in [6.07, 6.45) is 0.191. The second-order valence-electron chi connectivity index (χ2n) is 5.19. The first-order valence-corrected chi connectivity index (χ1v) is 8.13. The van der Waals surface area contributed by atoms with Crippen molar-refractivity contribution in [3.05, 3.63) is 59.1 Å². The zero-order valence-electron chi connectivity index (χ0n) is 13.5. The van der Waals surface area contributed by atoms with Crippen molar-refractivity contribution in [1.29, 1.82) is 0 Å². The van der Waals surface area contributed by atoms with E-state index >= 15 is 0 Å². The Kier molecular flexibility index (Phi) is 5.30. The number of benzene rings is 2. The fourth-order valence-corrected chi connectivity index (χ4v) is 2.45. The van der Waals surface area contributed by atoms with Gasteiger partial charge in [0.1, 0.15) is 5.75 Å². The quantitative estimate of drug-likeness (QED) is 0.722. The number of nitrogens with one attached hydrogen (secondary N) is 1. The van der Waals surface area contributed by atoms with Crippen LogP contribution in [0, 0.1) is 0 Å². The van der Waals surface area contributed by atoms with Crippen molar-refractivity contribution in [2.24, 2.45) is 0 Å². The maximum atomic E-state index is 12.1. The van der Waals surface area contributed by atoms with Gasteiger partial charge in [-0.25, -0.2) is 0 Å². The third-order valence-corrected chi connectivity index (χ3v) is 3.70. The van der Waals surface area contributed by atoms with E-state index in [-0.39, 0.29) is 24.2 Å². The predicted molar refractivity (Wildman–Crippen MR) is 94.7 cm³/mol. The van der Waals surface area contributed by atoms with E-state index in [1.54, 1.807) is 12.1 Å². The highest BCUT2D eigenvalue weighted by atomic mass is 35.5. The van der Waals surface area contributed by atoms with Gasteiger partial charge in [-0.2, -0.15) is 0 Å². The Balaban J connectivity index is 1.63. The molecule has 3 aromatic rings. The van der Waals surface area contributed by atoms with Crippen molar-refractivity contribution >= 4 is 23.5 Å². The summed E-state index contributed by atoms with van der Waals surface area (Å²) in [5.41, 5.74) is 1.47. The van der Waals surface area contributed by atoms with Gasteiger partial charge < -0.3 is 9.15 Å². The molecule has 0 spiro atoms. The molecule has 2 aromatic carbocycles. The average Bonchev–Trinajstić information content (AvgIpc) is 3.05. The molecule has 0 aliphatic heterocycles. The molecule has 1 N–H and O–H groups in total. The number of halogens is 1. The lowest BCUT2D eigenvalue weighted by Gasteiger charge is -2.04. The molecule has 3 rings (SSSR count). The number of nitrogens with zero attached hydrogens (tertiary/aromatic N) is 2. The van der Waals surface area contributed by atoms with Crippen molar-refractivity contribution in [1.82, 2.24) is 10.2 Å². The summed E-state index contributed by atoms with van der Waals surface area (Å²) >= 11 is 6.09. The summed E-state index contributed by atoms with van der Waals surface area (Å²) < 4.78 is 10.8. The molecule has 0 saturated carbocycles. The fraction of sp³-hybridized carbons (Fsp3) is 0.167. The van der Waals surface area contributed by atoms with E-state index in [0.29, 0.717) is 17.2 Å². The van der Waals surface area contributed by atoms with Crippen LogP contribution in [-0.2, 0) is 11.2 Å². The summed E-state index contributed by atoms with van der Waals surface area (Å²) in [6, 6.07) is 14.5. The van der Waals surface area contributed by atoms with Crippen LogP contribution in [0.3, 0.4) is 0 Å².